The number of hydrogen-bond donors (Lipinski definition) is 1. The highest BCUT2D eigenvalue weighted by atomic mass is 19.4. The summed E-state index contributed by atoms with van der Waals surface area (Å²) in [5.41, 5.74) is -2.68. The molecule has 152 valence electrons. The maximum absolute atomic E-state index is 13.2. The number of hydrogen-bond acceptors (Lipinski definition) is 5. The third kappa shape index (κ3) is 4.33. The molecule has 7 nitrogen and oxygen atoms in total. The Morgan fingerprint density at radius 2 is 1.96 bits per heavy atom. The van der Waals surface area contributed by atoms with E-state index in [9.17, 15) is 22.8 Å². The Labute approximate surface area is 159 Å². The van der Waals surface area contributed by atoms with Crippen molar-refractivity contribution in [2.24, 2.45) is 0 Å². The van der Waals surface area contributed by atoms with Gasteiger partial charge in [0.1, 0.15) is 6.04 Å². The molecular weight excluding hydrogens is 377 g/mol. The monoisotopic (exact) mass is 398 g/mol. The number of para-hydroxylation sites is 2. The van der Waals surface area contributed by atoms with E-state index >= 15 is 0 Å². The van der Waals surface area contributed by atoms with Crippen molar-refractivity contribution in [3.8, 4) is 0 Å². The van der Waals surface area contributed by atoms with Crippen LogP contribution in [-0.2, 0) is 15.7 Å². The van der Waals surface area contributed by atoms with Gasteiger partial charge in [-0.2, -0.15) is 13.2 Å². The van der Waals surface area contributed by atoms with Crippen molar-refractivity contribution in [2.45, 2.75) is 19.1 Å². The number of alkyl halides is 3. The van der Waals surface area contributed by atoms with Crippen LogP contribution in [0.5, 0.6) is 0 Å². The van der Waals surface area contributed by atoms with Gasteiger partial charge in [-0.15, -0.1) is 0 Å². The normalized spacial score (nSPS) is 16.9. The Bertz CT molecular complexity index is 907. The summed E-state index contributed by atoms with van der Waals surface area (Å²) in [4.78, 5) is 30.6. The molecule has 1 aliphatic heterocycles. The largest absolute Gasteiger partial charge is 0.438 e. The molecule has 1 amide bonds. The number of carbonyl (C=O) groups excluding carboxylic acids is 1. The van der Waals surface area contributed by atoms with Crippen molar-refractivity contribution in [1.82, 2.24) is 19.8 Å². The molecule has 1 aromatic heterocycles. The molecule has 2 aromatic rings. The molecule has 0 unspecified atom stereocenters. The predicted molar refractivity (Wildman–Crippen MR) is 96.0 cm³/mol. The first kappa shape index (κ1) is 20.3. The van der Waals surface area contributed by atoms with Crippen LogP contribution in [0, 0.1) is 0 Å². The van der Waals surface area contributed by atoms with E-state index in [0.717, 1.165) is 17.7 Å². The minimum absolute atomic E-state index is 0.00221. The molecule has 1 aliphatic rings. The van der Waals surface area contributed by atoms with E-state index in [2.05, 4.69) is 15.2 Å². The van der Waals surface area contributed by atoms with Gasteiger partial charge in [0.25, 0.3) is 5.56 Å². The lowest BCUT2D eigenvalue weighted by atomic mass is 10.2. The van der Waals surface area contributed by atoms with Gasteiger partial charge in [-0.25, -0.2) is 4.98 Å². The molecule has 0 saturated carbocycles. The molecule has 2 heterocycles. The highest BCUT2D eigenvalue weighted by Crippen LogP contribution is 2.27. The second-order valence-corrected chi connectivity index (χ2v) is 6.54. The van der Waals surface area contributed by atoms with Crippen LogP contribution in [0.15, 0.2) is 29.1 Å². The molecule has 10 heteroatoms. The van der Waals surface area contributed by atoms with Gasteiger partial charge < -0.3 is 10.1 Å². The maximum atomic E-state index is 13.2. The summed E-state index contributed by atoms with van der Waals surface area (Å²) in [6.07, 6.45) is -4.91. The molecule has 3 rings (SSSR count). The van der Waals surface area contributed by atoms with Crippen molar-refractivity contribution in [3.63, 3.8) is 0 Å². The van der Waals surface area contributed by atoms with Crippen LogP contribution in [0.1, 0.15) is 18.7 Å². The average Bonchev–Trinajstić information content (AvgIpc) is 2.67. The molecule has 0 radical (unpaired) electrons. The molecule has 1 atom stereocenters. The van der Waals surface area contributed by atoms with Crippen LogP contribution in [0.2, 0.25) is 0 Å². The number of aromatic nitrogens is 2. The minimum atomic E-state index is -4.91. The Balaban J connectivity index is 1.83. The fourth-order valence-electron chi connectivity index (χ4n) is 3.15. The van der Waals surface area contributed by atoms with Crippen LogP contribution >= 0.6 is 0 Å². The number of carbonyl (C=O) groups is 1. The fourth-order valence-corrected chi connectivity index (χ4v) is 3.15. The second kappa shape index (κ2) is 8.27. The van der Waals surface area contributed by atoms with E-state index in [4.69, 9.17) is 4.74 Å². The SMILES string of the molecule is C[C@H](C(=O)NCCN1CCOCC1)n1c(=O)c(C(F)(F)F)nc2ccccc21. The lowest BCUT2D eigenvalue weighted by molar-refractivity contribution is -0.142. The zero-order valence-corrected chi connectivity index (χ0v) is 15.3. The Hall–Kier alpha value is -2.46. The molecular formula is C18H21F3N4O3. The maximum Gasteiger partial charge on any atom is 0.438 e. The van der Waals surface area contributed by atoms with E-state index in [-0.39, 0.29) is 11.0 Å². The zero-order chi connectivity index (χ0) is 20.3. The lowest BCUT2D eigenvalue weighted by Gasteiger charge is -2.27. The number of amides is 1. The van der Waals surface area contributed by atoms with E-state index in [1.165, 1.54) is 25.1 Å². The van der Waals surface area contributed by atoms with Crippen molar-refractivity contribution < 1.29 is 22.7 Å². The number of ether oxygens (including phenoxy) is 1. The number of fused-ring (bicyclic) bond motifs is 1. The quantitative estimate of drug-likeness (QED) is 0.825. The van der Waals surface area contributed by atoms with E-state index < -0.39 is 29.4 Å². The Morgan fingerprint density at radius 3 is 2.64 bits per heavy atom. The summed E-state index contributed by atoms with van der Waals surface area (Å²) in [7, 11) is 0. The van der Waals surface area contributed by atoms with Crippen LogP contribution in [0.25, 0.3) is 11.0 Å². The first-order valence-corrected chi connectivity index (χ1v) is 8.95. The van der Waals surface area contributed by atoms with Gasteiger partial charge in [0.15, 0.2) is 0 Å². The van der Waals surface area contributed by atoms with Crippen LogP contribution in [0.4, 0.5) is 13.2 Å². The van der Waals surface area contributed by atoms with E-state index in [1.807, 2.05) is 0 Å². The number of benzene rings is 1. The standard InChI is InChI=1S/C18H21F3N4O3/c1-12(16(26)22-6-7-24-8-10-28-11-9-24)25-14-5-3-2-4-13(14)23-15(17(25)27)18(19,20)21/h2-5,12H,6-11H2,1H3,(H,22,26)/t12-/m1/s1. The number of nitrogens with zero attached hydrogens (tertiary/aromatic N) is 3. The Morgan fingerprint density at radius 1 is 1.29 bits per heavy atom. The summed E-state index contributed by atoms with van der Waals surface area (Å²) in [6, 6.07) is 4.84. The van der Waals surface area contributed by atoms with Gasteiger partial charge in [-0.1, -0.05) is 12.1 Å². The second-order valence-electron chi connectivity index (χ2n) is 6.54. The third-order valence-electron chi connectivity index (χ3n) is 4.66. The van der Waals surface area contributed by atoms with Gasteiger partial charge in [0.2, 0.25) is 11.6 Å². The van der Waals surface area contributed by atoms with Gasteiger partial charge in [-0.3, -0.25) is 19.1 Å². The molecule has 1 aromatic carbocycles. The number of nitrogens with one attached hydrogen (secondary N) is 1. The number of rotatable bonds is 5. The number of morpholine rings is 1. The molecule has 0 spiro atoms. The van der Waals surface area contributed by atoms with Crippen LogP contribution < -0.4 is 10.9 Å². The van der Waals surface area contributed by atoms with E-state index in [1.54, 1.807) is 6.07 Å². The molecule has 1 N–H and O–H groups in total. The fraction of sp³-hybridized carbons (Fsp3) is 0.500. The topological polar surface area (TPSA) is 76.5 Å². The van der Waals surface area contributed by atoms with Crippen molar-refractivity contribution in [3.05, 3.63) is 40.3 Å². The van der Waals surface area contributed by atoms with E-state index in [0.29, 0.717) is 26.3 Å². The van der Waals surface area contributed by atoms with Crippen LogP contribution in [0.3, 0.4) is 0 Å². The van der Waals surface area contributed by atoms with Gasteiger partial charge in [0.05, 0.1) is 24.2 Å². The highest BCUT2D eigenvalue weighted by molar-refractivity contribution is 5.83. The molecule has 0 bridgehead atoms. The van der Waals surface area contributed by atoms with Gasteiger partial charge in [0, 0.05) is 26.2 Å². The van der Waals surface area contributed by atoms with Gasteiger partial charge in [-0.05, 0) is 19.1 Å². The number of halogens is 3. The Kier molecular flexibility index (Phi) is 5.99. The van der Waals surface area contributed by atoms with Crippen molar-refractivity contribution in [2.75, 3.05) is 39.4 Å². The molecule has 1 fully saturated rings. The zero-order valence-electron chi connectivity index (χ0n) is 15.3. The summed E-state index contributed by atoms with van der Waals surface area (Å²) in [5.74, 6) is -0.528. The summed E-state index contributed by atoms with van der Waals surface area (Å²) in [6.45, 7) is 5.10. The third-order valence-corrected chi connectivity index (χ3v) is 4.66. The molecule has 28 heavy (non-hydrogen) atoms. The first-order chi connectivity index (χ1) is 13.3. The highest BCUT2D eigenvalue weighted by Gasteiger charge is 2.38. The van der Waals surface area contributed by atoms with Crippen LogP contribution in [-0.4, -0.2) is 59.8 Å². The molecule has 0 aliphatic carbocycles. The minimum Gasteiger partial charge on any atom is -0.379 e. The molecule has 1 saturated heterocycles. The lowest BCUT2D eigenvalue weighted by Crippen LogP contribution is -2.43. The summed E-state index contributed by atoms with van der Waals surface area (Å²) >= 11 is 0. The van der Waals surface area contributed by atoms with Crippen molar-refractivity contribution >= 4 is 16.9 Å². The average molecular weight is 398 g/mol. The van der Waals surface area contributed by atoms with Gasteiger partial charge >= 0.3 is 6.18 Å². The van der Waals surface area contributed by atoms with Crippen molar-refractivity contribution in [1.29, 1.82) is 0 Å². The summed E-state index contributed by atoms with van der Waals surface area (Å²) in [5, 5.41) is 2.70. The first-order valence-electron chi connectivity index (χ1n) is 8.95. The smallest absolute Gasteiger partial charge is 0.379 e. The predicted octanol–water partition coefficient (Wildman–Crippen LogP) is 1.42. The summed E-state index contributed by atoms with van der Waals surface area (Å²) < 4.78 is 45.8.